The van der Waals surface area contributed by atoms with Crippen LogP contribution in [0.3, 0.4) is 0 Å². The molecular weight excluding hydrogens is 434 g/mol. The van der Waals surface area contributed by atoms with E-state index in [0.29, 0.717) is 33.5 Å². The predicted molar refractivity (Wildman–Crippen MR) is 129 cm³/mol. The van der Waals surface area contributed by atoms with Crippen molar-refractivity contribution in [2.75, 3.05) is 0 Å². The maximum absolute atomic E-state index is 12.9. The number of carboxylic acids is 1. The number of nitrogens with two attached hydrogens (primary N) is 2. The molecule has 9 heteroatoms. The standard InChI is InChI=1S/C25H21N5O4/c26-23(27)15-4-1-3-14(9-15)13-30-21-11-18(34-17-6-2-5-16(10-17)24(28)29)7-8-19(21)20(25(32)33)12-22(30)31/h1-12H,13H2,(H3,26,27)(H3,28,29)(H,32,33). The van der Waals surface area contributed by atoms with Crippen LogP contribution in [-0.4, -0.2) is 27.3 Å². The molecule has 0 spiro atoms. The van der Waals surface area contributed by atoms with E-state index in [-0.39, 0.29) is 23.8 Å². The summed E-state index contributed by atoms with van der Waals surface area (Å²) in [6, 6.07) is 19.5. The number of rotatable bonds is 7. The van der Waals surface area contributed by atoms with Gasteiger partial charge in [-0.25, -0.2) is 4.79 Å². The SMILES string of the molecule is N=C(N)c1cccc(Cn2c(=O)cc(C(=O)O)c3ccc(Oc4cccc(C(=N)N)c4)cc32)c1. The first-order valence-electron chi connectivity index (χ1n) is 10.2. The van der Waals surface area contributed by atoms with E-state index in [1.165, 1.54) is 4.57 Å². The number of nitrogens with one attached hydrogen (secondary N) is 2. The summed E-state index contributed by atoms with van der Waals surface area (Å²) in [5, 5.41) is 25.2. The molecule has 34 heavy (non-hydrogen) atoms. The Labute approximate surface area is 193 Å². The number of carboxylic acid groups (broad SMARTS) is 1. The minimum Gasteiger partial charge on any atom is -0.478 e. The monoisotopic (exact) mass is 455 g/mol. The molecule has 0 atom stereocenters. The zero-order chi connectivity index (χ0) is 24.4. The van der Waals surface area contributed by atoms with E-state index in [4.69, 9.17) is 27.0 Å². The number of amidine groups is 2. The average Bonchev–Trinajstić information content (AvgIpc) is 2.81. The highest BCUT2D eigenvalue weighted by molar-refractivity contribution is 6.03. The van der Waals surface area contributed by atoms with E-state index in [9.17, 15) is 14.7 Å². The van der Waals surface area contributed by atoms with E-state index in [0.717, 1.165) is 11.6 Å². The van der Waals surface area contributed by atoms with Crippen molar-refractivity contribution >= 4 is 28.5 Å². The molecule has 0 aliphatic carbocycles. The van der Waals surface area contributed by atoms with Gasteiger partial charge in [0.05, 0.1) is 17.6 Å². The lowest BCUT2D eigenvalue weighted by Gasteiger charge is -2.15. The van der Waals surface area contributed by atoms with Crippen LogP contribution < -0.4 is 21.8 Å². The van der Waals surface area contributed by atoms with Gasteiger partial charge in [0, 0.05) is 28.6 Å². The predicted octanol–water partition coefficient (Wildman–Crippen LogP) is 3.11. The van der Waals surface area contributed by atoms with Gasteiger partial charge in [0.1, 0.15) is 23.2 Å². The summed E-state index contributed by atoms with van der Waals surface area (Å²) >= 11 is 0. The molecule has 0 radical (unpaired) electrons. The first kappa shape index (κ1) is 22.3. The summed E-state index contributed by atoms with van der Waals surface area (Å²) in [6.45, 7) is 0.139. The minimum absolute atomic E-state index is 0.0937. The van der Waals surface area contributed by atoms with Crippen molar-refractivity contribution < 1.29 is 14.6 Å². The maximum Gasteiger partial charge on any atom is 0.336 e. The number of hydrogen-bond donors (Lipinski definition) is 5. The number of aromatic carboxylic acids is 1. The van der Waals surface area contributed by atoms with E-state index < -0.39 is 11.5 Å². The quantitative estimate of drug-likeness (QED) is 0.212. The van der Waals surface area contributed by atoms with Crippen LogP contribution in [0.1, 0.15) is 27.0 Å². The van der Waals surface area contributed by atoms with Gasteiger partial charge in [-0.1, -0.05) is 30.3 Å². The van der Waals surface area contributed by atoms with Gasteiger partial charge in [0.2, 0.25) is 0 Å². The summed E-state index contributed by atoms with van der Waals surface area (Å²) in [7, 11) is 0. The average molecular weight is 455 g/mol. The number of nitrogens with zero attached hydrogens (tertiary/aromatic N) is 1. The summed E-state index contributed by atoms with van der Waals surface area (Å²) < 4.78 is 7.36. The molecule has 9 nitrogen and oxygen atoms in total. The van der Waals surface area contributed by atoms with Crippen LogP contribution in [0.4, 0.5) is 0 Å². The molecule has 0 aliphatic heterocycles. The normalized spacial score (nSPS) is 10.7. The number of carbonyl (C=O) groups is 1. The second-order valence-electron chi connectivity index (χ2n) is 7.62. The molecule has 4 aromatic rings. The number of fused-ring (bicyclic) bond motifs is 1. The van der Waals surface area contributed by atoms with Crippen LogP contribution in [0, 0.1) is 10.8 Å². The third-order valence-corrected chi connectivity index (χ3v) is 5.27. The highest BCUT2D eigenvalue weighted by Crippen LogP contribution is 2.28. The minimum atomic E-state index is -1.21. The highest BCUT2D eigenvalue weighted by atomic mass is 16.5. The Kier molecular flexibility index (Phi) is 5.84. The van der Waals surface area contributed by atoms with E-state index in [1.54, 1.807) is 66.7 Å². The third-order valence-electron chi connectivity index (χ3n) is 5.27. The fourth-order valence-electron chi connectivity index (χ4n) is 3.65. The van der Waals surface area contributed by atoms with Crippen molar-refractivity contribution in [1.29, 1.82) is 10.8 Å². The lowest BCUT2D eigenvalue weighted by molar-refractivity contribution is 0.0698. The molecule has 0 fully saturated rings. The van der Waals surface area contributed by atoms with Crippen molar-refractivity contribution in [3.8, 4) is 11.5 Å². The van der Waals surface area contributed by atoms with Crippen molar-refractivity contribution in [2.45, 2.75) is 6.54 Å². The van der Waals surface area contributed by atoms with Gasteiger partial charge in [-0.05, 0) is 35.9 Å². The first-order chi connectivity index (χ1) is 16.2. The molecule has 1 heterocycles. The maximum atomic E-state index is 12.9. The van der Waals surface area contributed by atoms with E-state index in [1.807, 2.05) is 0 Å². The summed E-state index contributed by atoms with van der Waals surface area (Å²) in [6.07, 6.45) is 0. The summed E-state index contributed by atoms with van der Waals surface area (Å²) in [4.78, 5) is 24.7. The molecule has 4 rings (SSSR count). The zero-order valence-corrected chi connectivity index (χ0v) is 17.9. The number of aromatic nitrogens is 1. The molecule has 0 bridgehead atoms. The molecule has 170 valence electrons. The van der Waals surface area contributed by atoms with Gasteiger partial charge in [0.25, 0.3) is 5.56 Å². The number of benzene rings is 3. The first-order valence-corrected chi connectivity index (χ1v) is 10.2. The number of hydrogen-bond acceptors (Lipinski definition) is 5. The number of ether oxygens (including phenoxy) is 1. The van der Waals surface area contributed by atoms with E-state index in [2.05, 4.69) is 0 Å². The van der Waals surface area contributed by atoms with Crippen molar-refractivity contribution in [1.82, 2.24) is 4.57 Å². The Hall–Kier alpha value is -4.92. The van der Waals surface area contributed by atoms with Crippen molar-refractivity contribution in [3.63, 3.8) is 0 Å². The van der Waals surface area contributed by atoms with Gasteiger partial charge < -0.3 is 25.9 Å². The van der Waals surface area contributed by atoms with Crippen LogP contribution >= 0.6 is 0 Å². The zero-order valence-electron chi connectivity index (χ0n) is 17.9. The largest absolute Gasteiger partial charge is 0.478 e. The number of pyridine rings is 1. The van der Waals surface area contributed by atoms with Crippen LogP contribution in [-0.2, 0) is 6.54 Å². The second kappa shape index (κ2) is 8.91. The van der Waals surface area contributed by atoms with Crippen LogP contribution in [0.5, 0.6) is 11.5 Å². The highest BCUT2D eigenvalue weighted by Gasteiger charge is 2.16. The third kappa shape index (κ3) is 4.49. The molecule has 3 aromatic carbocycles. The molecule has 0 saturated heterocycles. The van der Waals surface area contributed by atoms with Gasteiger partial charge in [0.15, 0.2) is 0 Å². The topological polar surface area (TPSA) is 168 Å². The fourth-order valence-corrected chi connectivity index (χ4v) is 3.65. The Bertz CT molecular complexity index is 1520. The molecule has 7 N–H and O–H groups in total. The molecule has 0 saturated carbocycles. The summed E-state index contributed by atoms with van der Waals surface area (Å²) in [5.41, 5.74) is 12.6. The van der Waals surface area contributed by atoms with Crippen LogP contribution in [0.2, 0.25) is 0 Å². The van der Waals surface area contributed by atoms with E-state index >= 15 is 0 Å². The molecule has 0 amide bonds. The number of nitrogen functional groups attached to an aromatic ring is 2. The lowest BCUT2D eigenvalue weighted by Crippen LogP contribution is -2.23. The smallest absolute Gasteiger partial charge is 0.336 e. The van der Waals surface area contributed by atoms with Crippen LogP contribution in [0.25, 0.3) is 10.9 Å². The van der Waals surface area contributed by atoms with Crippen LogP contribution in [0.15, 0.2) is 77.6 Å². The van der Waals surface area contributed by atoms with Crippen molar-refractivity contribution in [3.05, 3.63) is 105 Å². The van der Waals surface area contributed by atoms with Gasteiger partial charge >= 0.3 is 5.97 Å². The van der Waals surface area contributed by atoms with Gasteiger partial charge in [-0.15, -0.1) is 0 Å². The molecule has 0 aliphatic rings. The van der Waals surface area contributed by atoms with Gasteiger partial charge in [-0.2, -0.15) is 0 Å². The van der Waals surface area contributed by atoms with Crippen molar-refractivity contribution in [2.24, 2.45) is 11.5 Å². The lowest BCUT2D eigenvalue weighted by atomic mass is 10.1. The van der Waals surface area contributed by atoms with Gasteiger partial charge in [-0.3, -0.25) is 15.6 Å². The molecule has 1 aromatic heterocycles. The fraction of sp³-hybridized carbons (Fsp3) is 0.0400. The molecule has 0 unspecified atom stereocenters. The Morgan fingerprint density at radius 2 is 1.53 bits per heavy atom. The second-order valence-corrected chi connectivity index (χ2v) is 7.62. The molecular formula is C25H21N5O4. The Balaban J connectivity index is 1.83. The summed E-state index contributed by atoms with van der Waals surface area (Å²) in [5.74, 6) is -0.595. The Morgan fingerprint density at radius 1 is 0.882 bits per heavy atom. The Morgan fingerprint density at radius 3 is 2.21 bits per heavy atom.